The number of rotatable bonds is 2. The molecule has 0 spiro atoms. The Morgan fingerprint density at radius 2 is 1.96 bits per heavy atom. The number of fused-ring (bicyclic) bond motifs is 2. The number of nitrogens with zero attached hydrogens (tertiary/aromatic N) is 4. The van der Waals surface area contributed by atoms with Crippen LogP contribution < -0.4 is 5.56 Å². The summed E-state index contributed by atoms with van der Waals surface area (Å²) in [6, 6.07) is 7.49. The van der Waals surface area contributed by atoms with Crippen LogP contribution in [0.3, 0.4) is 0 Å². The molecule has 1 atom stereocenters. The highest BCUT2D eigenvalue weighted by atomic mass is 16.1. The maximum atomic E-state index is 12.3. The number of benzene rings is 1. The number of aromatic nitrogens is 4. The van der Waals surface area contributed by atoms with Crippen LogP contribution in [-0.2, 0) is 13.1 Å². The maximum Gasteiger partial charge on any atom is 0.258 e. The van der Waals surface area contributed by atoms with Crippen molar-refractivity contribution in [2.24, 2.45) is 0 Å². The third-order valence-corrected chi connectivity index (χ3v) is 5.07. The van der Waals surface area contributed by atoms with Crippen molar-refractivity contribution >= 4 is 10.9 Å². The molecule has 0 aliphatic carbocycles. The summed E-state index contributed by atoms with van der Waals surface area (Å²) in [6.07, 6.45) is 0. The molecule has 0 amide bonds. The summed E-state index contributed by atoms with van der Waals surface area (Å²) < 4.78 is 2.29. The molecular weight excluding hydrogens is 302 g/mol. The van der Waals surface area contributed by atoms with Crippen LogP contribution in [0.25, 0.3) is 10.9 Å². The summed E-state index contributed by atoms with van der Waals surface area (Å²) in [6.45, 7) is 8.87. The van der Waals surface area contributed by atoms with E-state index in [4.69, 9.17) is 0 Å². The molecule has 1 N–H and O–H groups in total. The predicted octanol–water partition coefficient (Wildman–Crippen LogP) is 2.31. The van der Waals surface area contributed by atoms with Crippen LogP contribution >= 0.6 is 0 Å². The van der Waals surface area contributed by atoms with Crippen molar-refractivity contribution in [3.05, 3.63) is 57.7 Å². The van der Waals surface area contributed by atoms with Gasteiger partial charge in [-0.1, -0.05) is 12.1 Å². The van der Waals surface area contributed by atoms with Crippen molar-refractivity contribution in [1.29, 1.82) is 0 Å². The van der Waals surface area contributed by atoms with E-state index in [0.29, 0.717) is 11.2 Å². The molecule has 0 unspecified atom stereocenters. The minimum absolute atomic E-state index is 0.0355. The average Bonchev–Trinajstić information content (AvgIpc) is 2.88. The Kier molecular flexibility index (Phi) is 3.49. The van der Waals surface area contributed by atoms with E-state index in [0.717, 1.165) is 36.7 Å². The van der Waals surface area contributed by atoms with Gasteiger partial charge in [-0.15, -0.1) is 0 Å². The molecular formula is C18H21N5O. The average molecular weight is 323 g/mol. The van der Waals surface area contributed by atoms with Crippen LogP contribution in [0.4, 0.5) is 0 Å². The van der Waals surface area contributed by atoms with Gasteiger partial charge in [0, 0.05) is 18.8 Å². The van der Waals surface area contributed by atoms with Gasteiger partial charge >= 0.3 is 0 Å². The monoisotopic (exact) mass is 323 g/mol. The highest BCUT2D eigenvalue weighted by molar-refractivity contribution is 5.77. The molecule has 0 radical (unpaired) electrons. The fraction of sp³-hybridized carbons (Fsp3) is 0.389. The van der Waals surface area contributed by atoms with E-state index >= 15 is 0 Å². The quantitative estimate of drug-likeness (QED) is 0.786. The molecule has 4 rings (SSSR count). The first-order valence-electron chi connectivity index (χ1n) is 8.30. The van der Waals surface area contributed by atoms with E-state index in [9.17, 15) is 4.79 Å². The lowest BCUT2D eigenvalue weighted by Gasteiger charge is -2.32. The fourth-order valence-corrected chi connectivity index (χ4v) is 3.44. The van der Waals surface area contributed by atoms with Crippen LogP contribution in [0.1, 0.15) is 36.0 Å². The normalized spacial score (nSPS) is 16.3. The standard InChI is InChI=1S/C18H21N5O/c1-11-12(2)23-9-8-22(10-16(23)19-11)13(3)17-20-15-7-5-4-6-14(15)18(24)21-17/h4-7,13H,8-10H2,1-3H3,(H,20,21,24)/t13-/m1/s1. The number of H-pyrrole nitrogens is 1. The lowest BCUT2D eigenvalue weighted by Crippen LogP contribution is -2.37. The van der Waals surface area contributed by atoms with Gasteiger partial charge in [0.15, 0.2) is 0 Å². The molecule has 1 aliphatic heterocycles. The molecule has 6 nitrogen and oxygen atoms in total. The first-order valence-corrected chi connectivity index (χ1v) is 8.30. The minimum atomic E-state index is -0.0763. The SMILES string of the molecule is Cc1nc2n(c1C)CCN([C@H](C)c1nc3ccccc3c(=O)[nH]1)C2. The third kappa shape index (κ3) is 2.34. The summed E-state index contributed by atoms with van der Waals surface area (Å²) in [4.78, 5) is 26.9. The largest absolute Gasteiger partial charge is 0.330 e. The second-order valence-corrected chi connectivity index (χ2v) is 6.47. The van der Waals surface area contributed by atoms with Gasteiger partial charge in [0.1, 0.15) is 11.6 Å². The first-order chi connectivity index (χ1) is 11.5. The zero-order valence-electron chi connectivity index (χ0n) is 14.2. The van der Waals surface area contributed by atoms with Gasteiger partial charge in [-0.2, -0.15) is 0 Å². The highest BCUT2D eigenvalue weighted by Crippen LogP contribution is 2.24. The van der Waals surface area contributed by atoms with Crippen molar-refractivity contribution in [3.8, 4) is 0 Å². The van der Waals surface area contributed by atoms with Gasteiger partial charge in [0.05, 0.1) is 29.2 Å². The Hall–Kier alpha value is -2.47. The van der Waals surface area contributed by atoms with E-state index in [2.05, 4.69) is 45.2 Å². The van der Waals surface area contributed by atoms with Gasteiger partial charge in [0.25, 0.3) is 5.56 Å². The molecule has 3 aromatic rings. The van der Waals surface area contributed by atoms with Crippen LogP contribution in [-0.4, -0.2) is 31.0 Å². The third-order valence-electron chi connectivity index (χ3n) is 5.07. The first kappa shape index (κ1) is 15.1. The molecule has 0 saturated carbocycles. The molecule has 2 aromatic heterocycles. The number of para-hydroxylation sites is 1. The fourth-order valence-electron chi connectivity index (χ4n) is 3.44. The van der Waals surface area contributed by atoms with E-state index < -0.39 is 0 Å². The van der Waals surface area contributed by atoms with E-state index in [1.165, 1.54) is 5.69 Å². The van der Waals surface area contributed by atoms with Gasteiger partial charge in [-0.3, -0.25) is 9.69 Å². The second kappa shape index (κ2) is 5.56. The second-order valence-electron chi connectivity index (χ2n) is 6.47. The molecule has 0 saturated heterocycles. The summed E-state index contributed by atoms with van der Waals surface area (Å²) in [7, 11) is 0. The number of imidazole rings is 1. The Bertz CT molecular complexity index is 971. The summed E-state index contributed by atoms with van der Waals surface area (Å²) in [5.41, 5.74) is 3.01. The van der Waals surface area contributed by atoms with Gasteiger partial charge in [0.2, 0.25) is 0 Å². The summed E-state index contributed by atoms with van der Waals surface area (Å²) in [5.74, 6) is 1.80. The summed E-state index contributed by atoms with van der Waals surface area (Å²) in [5, 5.41) is 0.633. The number of nitrogens with one attached hydrogen (secondary N) is 1. The molecule has 1 aliphatic rings. The molecule has 3 heterocycles. The molecule has 0 bridgehead atoms. The van der Waals surface area contributed by atoms with Crippen LogP contribution in [0, 0.1) is 13.8 Å². The lowest BCUT2D eigenvalue weighted by atomic mass is 10.2. The number of hydrogen-bond donors (Lipinski definition) is 1. The minimum Gasteiger partial charge on any atom is -0.330 e. The van der Waals surface area contributed by atoms with Gasteiger partial charge in [-0.05, 0) is 32.9 Å². The Labute approximate surface area is 140 Å². The van der Waals surface area contributed by atoms with Crippen molar-refractivity contribution < 1.29 is 0 Å². The van der Waals surface area contributed by atoms with Crippen molar-refractivity contribution in [2.75, 3.05) is 6.54 Å². The Balaban J connectivity index is 1.67. The molecule has 6 heteroatoms. The number of aryl methyl sites for hydroxylation is 1. The predicted molar refractivity (Wildman–Crippen MR) is 92.9 cm³/mol. The van der Waals surface area contributed by atoms with E-state index in [-0.39, 0.29) is 11.6 Å². The van der Waals surface area contributed by atoms with Gasteiger partial charge < -0.3 is 9.55 Å². The molecule has 124 valence electrons. The zero-order chi connectivity index (χ0) is 16.8. The van der Waals surface area contributed by atoms with Crippen LogP contribution in [0.2, 0.25) is 0 Å². The number of aromatic amines is 1. The molecule has 0 fully saturated rings. The molecule has 24 heavy (non-hydrogen) atoms. The maximum absolute atomic E-state index is 12.3. The van der Waals surface area contributed by atoms with Crippen molar-refractivity contribution in [2.45, 2.75) is 39.9 Å². The van der Waals surface area contributed by atoms with Gasteiger partial charge in [-0.25, -0.2) is 9.97 Å². The zero-order valence-corrected chi connectivity index (χ0v) is 14.2. The highest BCUT2D eigenvalue weighted by Gasteiger charge is 2.26. The Morgan fingerprint density at radius 1 is 1.17 bits per heavy atom. The Morgan fingerprint density at radius 3 is 2.79 bits per heavy atom. The summed E-state index contributed by atoms with van der Waals surface area (Å²) >= 11 is 0. The smallest absolute Gasteiger partial charge is 0.258 e. The lowest BCUT2D eigenvalue weighted by molar-refractivity contribution is 0.157. The van der Waals surface area contributed by atoms with Crippen molar-refractivity contribution in [1.82, 2.24) is 24.4 Å². The van der Waals surface area contributed by atoms with Crippen LogP contribution in [0.15, 0.2) is 29.1 Å². The van der Waals surface area contributed by atoms with E-state index in [1.807, 2.05) is 18.2 Å². The molecule has 1 aromatic carbocycles. The van der Waals surface area contributed by atoms with E-state index in [1.54, 1.807) is 6.07 Å². The number of hydrogen-bond acceptors (Lipinski definition) is 4. The topological polar surface area (TPSA) is 66.8 Å². The van der Waals surface area contributed by atoms with Crippen molar-refractivity contribution in [3.63, 3.8) is 0 Å². The van der Waals surface area contributed by atoms with Crippen LogP contribution in [0.5, 0.6) is 0 Å².